The summed E-state index contributed by atoms with van der Waals surface area (Å²) in [5, 5.41) is 14.8. The number of benzene rings is 2. The predicted molar refractivity (Wildman–Crippen MR) is 181 cm³/mol. The number of carbonyl (C=O) groups excluding carboxylic acids is 1. The molecule has 0 bridgehead atoms. The van der Waals surface area contributed by atoms with E-state index in [9.17, 15) is 18.3 Å². The first-order valence-corrected chi connectivity index (χ1v) is 18.2. The van der Waals surface area contributed by atoms with Gasteiger partial charge in [-0.05, 0) is 104 Å². The normalized spacial score (nSPS) is 18.1. The molecule has 240 valence electrons. The lowest BCUT2D eigenvalue weighted by Gasteiger charge is -2.46. The summed E-state index contributed by atoms with van der Waals surface area (Å²) >= 11 is 2.16. The molecule has 0 unspecified atom stereocenters. The molecule has 43 heavy (non-hydrogen) atoms. The number of rotatable bonds is 16. The van der Waals surface area contributed by atoms with Gasteiger partial charge in [0, 0.05) is 28.8 Å². The Bertz CT molecular complexity index is 1300. The number of hydrogen-bond donors (Lipinski definition) is 2. The molecule has 10 heteroatoms. The summed E-state index contributed by atoms with van der Waals surface area (Å²) in [6.07, 6.45) is 2.89. The fraction of sp³-hybridized carbons (Fsp3) is 0.606. The molecule has 0 saturated carbocycles. The number of ether oxygens (including phenoxy) is 1. The molecule has 1 heterocycles. The number of aliphatic hydroxyl groups excluding tert-OH is 1. The van der Waals surface area contributed by atoms with Gasteiger partial charge in [-0.15, -0.1) is 0 Å². The van der Waals surface area contributed by atoms with E-state index in [-0.39, 0.29) is 29.7 Å². The van der Waals surface area contributed by atoms with Crippen LogP contribution in [0.2, 0.25) is 0 Å². The van der Waals surface area contributed by atoms with Crippen molar-refractivity contribution in [1.29, 1.82) is 0 Å². The number of aliphatic hydroxyl groups is 1. The molecule has 1 aliphatic heterocycles. The number of halogens is 1. The molecule has 0 aliphatic carbocycles. The number of nitrogens with zero attached hydrogens (tertiary/aromatic N) is 2. The molecule has 0 spiro atoms. The molecule has 2 N–H and O–H groups in total. The van der Waals surface area contributed by atoms with Gasteiger partial charge in [0.15, 0.2) is 0 Å². The Morgan fingerprint density at radius 2 is 1.74 bits per heavy atom. The molecule has 1 amide bonds. The van der Waals surface area contributed by atoms with Crippen LogP contribution in [0.25, 0.3) is 0 Å². The number of fused-ring (bicyclic) bond motifs is 1. The maximum atomic E-state index is 14.3. The van der Waals surface area contributed by atoms with E-state index in [0.29, 0.717) is 17.9 Å². The van der Waals surface area contributed by atoms with E-state index in [1.165, 1.54) is 4.31 Å². The van der Waals surface area contributed by atoms with Gasteiger partial charge in [-0.3, -0.25) is 4.79 Å². The number of unbranched alkanes of at least 4 members (excludes halogenated alkanes) is 1. The zero-order valence-corrected chi connectivity index (χ0v) is 29.6. The number of likely N-dealkylation sites (N-methyl/N-ethyl adjacent to an activating group) is 1. The van der Waals surface area contributed by atoms with Crippen LogP contribution in [0, 0.1) is 9.49 Å². The number of hydrogen-bond acceptors (Lipinski definition) is 6. The highest BCUT2D eigenvalue weighted by Crippen LogP contribution is 2.45. The van der Waals surface area contributed by atoms with Gasteiger partial charge < -0.3 is 20.1 Å². The van der Waals surface area contributed by atoms with Gasteiger partial charge in [0.2, 0.25) is 15.9 Å². The third-order valence-electron chi connectivity index (χ3n) is 8.49. The monoisotopic (exact) mass is 727 g/mol. The van der Waals surface area contributed by atoms with Crippen molar-refractivity contribution >= 4 is 38.5 Å². The topological polar surface area (TPSA) is 99.2 Å². The minimum absolute atomic E-state index is 0.0963. The summed E-state index contributed by atoms with van der Waals surface area (Å²) in [5.41, 5.74) is 0.283. The lowest BCUT2D eigenvalue weighted by atomic mass is 9.85. The van der Waals surface area contributed by atoms with Gasteiger partial charge in [-0.25, -0.2) is 8.42 Å². The first kappa shape index (κ1) is 35.7. The van der Waals surface area contributed by atoms with Crippen molar-refractivity contribution in [2.75, 3.05) is 32.7 Å². The Hall–Kier alpha value is -1.73. The SMILES string of the molecule is CCCCN(CC)CCNC(=O)Cc1ccc2c(c1)[C@@H](N(CC(CC)CC)S(=O)(=O)c1ccc(I)cc1)[C@H](O)C(C)(C)O2. The molecular weight excluding hydrogens is 677 g/mol. The van der Waals surface area contributed by atoms with E-state index in [2.05, 4.69) is 60.5 Å². The van der Waals surface area contributed by atoms with Crippen molar-refractivity contribution < 1.29 is 23.1 Å². The Morgan fingerprint density at radius 3 is 2.35 bits per heavy atom. The minimum atomic E-state index is -3.99. The van der Waals surface area contributed by atoms with E-state index in [0.717, 1.165) is 54.5 Å². The Morgan fingerprint density at radius 1 is 1.07 bits per heavy atom. The highest BCUT2D eigenvalue weighted by atomic mass is 127. The average molecular weight is 728 g/mol. The maximum absolute atomic E-state index is 14.3. The van der Waals surface area contributed by atoms with Crippen molar-refractivity contribution in [3.63, 3.8) is 0 Å². The number of carbonyl (C=O) groups is 1. The molecule has 8 nitrogen and oxygen atoms in total. The molecule has 2 atom stereocenters. The molecule has 0 aromatic heterocycles. The van der Waals surface area contributed by atoms with Crippen LogP contribution in [0.3, 0.4) is 0 Å². The van der Waals surface area contributed by atoms with Crippen LogP contribution >= 0.6 is 22.6 Å². The second kappa shape index (κ2) is 16.0. The quantitative estimate of drug-likeness (QED) is 0.213. The lowest BCUT2D eigenvalue weighted by Crippen LogP contribution is -2.55. The highest BCUT2D eigenvalue weighted by molar-refractivity contribution is 14.1. The van der Waals surface area contributed by atoms with E-state index >= 15 is 0 Å². The van der Waals surface area contributed by atoms with Crippen LogP contribution in [-0.2, 0) is 21.2 Å². The fourth-order valence-corrected chi connectivity index (χ4v) is 7.60. The average Bonchev–Trinajstić information content (AvgIpc) is 2.97. The van der Waals surface area contributed by atoms with Gasteiger partial charge >= 0.3 is 0 Å². The summed E-state index contributed by atoms with van der Waals surface area (Å²) in [6.45, 7) is 15.6. The third-order valence-corrected chi connectivity index (χ3v) is 11.1. The van der Waals surface area contributed by atoms with E-state index in [1.54, 1.807) is 44.2 Å². The van der Waals surface area contributed by atoms with Crippen LogP contribution in [0.1, 0.15) is 84.4 Å². The lowest BCUT2D eigenvalue weighted by molar-refractivity contribution is -0.120. The van der Waals surface area contributed by atoms with Crippen LogP contribution in [-0.4, -0.2) is 73.1 Å². The predicted octanol–water partition coefficient (Wildman–Crippen LogP) is 5.77. The third kappa shape index (κ3) is 9.15. The summed E-state index contributed by atoms with van der Waals surface area (Å²) < 4.78 is 37.2. The van der Waals surface area contributed by atoms with Crippen molar-refractivity contribution in [3.05, 3.63) is 57.2 Å². The maximum Gasteiger partial charge on any atom is 0.243 e. The standard InChI is InChI=1S/C33H50IN3O5S/c1-7-11-19-36(10-4)20-18-35-30(38)22-25-12-17-29-28(21-25)31(32(39)33(5,6)42-29)37(23-24(8-2)9-3)43(40,41)27-15-13-26(34)14-16-27/h12-17,21,24,31-32,39H,7-11,18-20,22-23H2,1-6H3,(H,35,38)/t31-,32+/m1/s1. The molecule has 2 aromatic rings. The Kier molecular flexibility index (Phi) is 13.3. The van der Waals surface area contributed by atoms with Gasteiger partial charge in [0.05, 0.1) is 17.4 Å². The fourth-order valence-electron chi connectivity index (χ4n) is 5.55. The smallest absolute Gasteiger partial charge is 0.243 e. The second-order valence-electron chi connectivity index (χ2n) is 12.0. The summed E-state index contributed by atoms with van der Waals surface area (Å²) in [7, 11) is -3.99. The van der Waals surface area contributed by atoms with Gasteiger partial charge in [-0.1, -0.05) is 53.0 Å². The molecular formula is C33H50IN3O5S. The van der Waals surface area contributed by atoms with Gasteiger partial charge in [0.1, 0.15) is 17.5 Å². The zero-order valence-electron chi connectivity index (χ0n) is 26.6. The van der Waals surface area contributed by atoms with Crippen LogP contribution in [0.15, 0.2) is 47.4 Å². The van der Waals surface area contributed by atoms with Crippen LogP contribution in [0.5, 0.6) is 5.75 Å². The summed E-state index contributed by atoms with van der Waals surface area (Å²) in [5.74, 6) is 0.529. The molecule has 2 aromatic carbocycles. The minimum Gasteiger partial charge on any atom is -0.485 e. The first-order chi connectivity index (χ1) is 20.4. The van der Waals surface area contributed by atoms with E-state index < -0.39 is 27.8 Å². The molecule has 0 radical (unpaired) electrons. The molecule has 0 saturated heterocycles. The number of nitrogens with one attached hydrogen (secondary N) is 1. The molecule has 1 aliphatic rings. The summed E-state index contributed by atoms with van der Waals surface area (Å²) in [4.78, 5) is 15.4. The van der Waals surface area contributed by atoms with Crippen molar-refractivity contribution in [2.45, 2.75) is 96.3 Å². The van der Waals surface area contributed by atoms with E-state index in [4.69, 9.17) is 4.74 Å². The van der Waals surface area contributed by atoms with Crippen LogP contribution in [0.4, 0.5) is 0 Å². The summed E-state index contributed by atoms with van der Waals surface area (Å²) in [6, 6.07) is 11.4. The van der Waals surface area contributed by atoms with Gasteiger partial charge in [-0.2, -0.15) is 4.31 Å². The highest BCUT2D eigenvalue weighted by Gasteiger charge is 2.49. The Balaban J connectivity index is 1.96. The Labute approximate surface area is 272 Å². The van der Waals surface area contributed by atoms with Gasteiger partial charge in [0.25, 0.3) is 0 Å². The zero-order chi connectivity index (χ0) is 31.8. The second-order valence-corrected chi connectivity index (χ2v) is 15.1. The largest absolute Gasteiger partial charge is 0.485 e. The number of sulfonamides is 1. The van der Waals surface area contributed by atoms with Crippen LogP contribution < -0.4 is 10.1 Å². The molecule has 3 rings (SSSR count). The van der Waals surface area contributed by atoms with Crippen molar-refractivity contribution in [3.8, 4) is 5.75 Å². The van der Waals surface area contributed by atoms with E-state index in [1.807, 2.05) is 12.1 Å². The van der Waals surface area contributed by atoms with Crippen molar-refractivity contribution in [1.82, 2.24) is 14.5 Å². The van der Waals surface area contributed by atoms with Crippen molar-refractivity contribution in [2.24, 2.45) is 5.92 Å². The first-order valence-electron chi connectivity index (χ1n) is 15.6. The number of amides is 1. The molecule has 0 fully saturated rings.